The van der Waals surface area contributed by atoms with E-state index in [4.69, 9.17) is 16.6 Å². The summed E-state index contributed by atoms with van der Waals surface area (Å²) in [6.45, 7) is 6.90. The maximum atomic E-state index is 12.2. The molecule has 5 nitrogen and oxygen atoms in total. The van der Waals surface area contributed by atoms with Gasteiger partial charge in [0.15, 0.2) is 0 Å². The van der Waals surface area contributed by atoms with Gasteiger partial charge in [0.05, 0.1) is 17.1 Å². The zero-order chi connectivity index (χ0) is 18.5. The molecule has 2 aromatic rings. The summed E-state index contributed by atoms with van der Waals surface area (Å²) in [5, 5.41) is 12.7. The largest absolute Gasteiger partial charge is 0.325 e. The number of fused-ring (bicyclic) bond motifs is 5. The fourth-order valence-electron chi connectivity index (χ4n) is 4.32. The van der Waals surface area contributed by atoms with Crippen LogP contribution in [0.25, 0.3) is 0 Å². The lowest BCUT2D eigenvalue weighted by Crippen LogP contribution is -2.32. The predicted molar refractivity (Wildman–Crippen MR) is 104 cm³/mol. The number of amides is 1. The molecule has 1 saturated carbocycles. The average Bonchev–Trinajstić information content (AvgIpc) is 2.92. The molecular weight excluding hydrogens is 368 g/mol. The number of nitrogens with one attached hydrogen (secondary N) is 1. The molecule has 0 aliphatic heterocycles. The quantitative estimate of drug-likeness (QED) is 0.784. The number of anilines is 1. The van der Waals surface area contributed by atoms with Crippen LogP contribution in [0, 0.1) is 5.41 Å². The molecule has 0 saturated heterocycles. The van der Waals surface area contributed by atoms with Gasteiger partial charge >= 0.3 is 0 Å². The lowest BCUT2D eigenvalue weighted by molar-refractivity contribution is -0.113. The maximum absolute atomic E-state index is 12.2. The summed E-state index contributed by atoms with van der Waals surface area (Å²) < 4.78 is 0. The number of carbonyl (C=O) groups is 1. The van der Waals surface area contributed by atoms with Crippen LogP contribution < -0.4 is 5.32 Å². The van der Waals surface area contributed by atoms with E-state index in [2.05, 4.69) is 36.3 Å². The summed E-state index contributed by atoms with van der Waals surface area (Å²) in [5.41, 5.74) is 3.01. The number of rotatable bonds is 4. The Morgan fingerprint density at radius 1 is 1.35 bits per heavy atom. The first kappa shape index (κ1) is 17.7. The van der Waals surface area contributed by atoms with E-state index in [1.165, 1.54) is 11.8 Å². The van der Waals surface area contributed by atoms with Crippen molar-refractivity contribution in [2.75, 3.05) is 11.1 Å². The maximum Gasteiger partial charge on any atom is 0.234 e. The van der Waals surface area contributed by atoms with E-state index in [1.807, 2.05) is 6.07 Å². The molecular formula is C19H21ClN4OS. The molecule has 2 aliphatic carbocycles. The van der Waals surface area contributed by atoms with Gasteiger partial charge in [-0.05, 0) is 36.5 Å². The number of hydrogen-bond acceptors (Lipinski definition) is 5. The Bertz CT molecular complexity index is 888. The molecule has 1 amide bonds. The van der Waals surface area contributed by atoms with Gasteiger partial charge in [0, 0.05) is 22.0 Å². The average molecular weight is 389 g/mol. The number of benzene rings is 1. The molecule has 1 aromatic carbocycles. The Hall–Kier alpha value is -1.66. The summed E-state index contributed by atoms with van der Waals surface area (Å²) in [4.78, 5) is 17.0. The molecule has 4 rings (SSSR count). The van der Waals surface area contributed by atoms with Crippen LogP contribution in [-0.4, -0.2) is 26.8 Å². The van der Waals surface area contributed by atoms with Crippen molar-refractivity contribution in [3.8, 4) is 0 Å². The molecule has 0 unspecified atom stereocenters. The molecule has 1 heterocycles. The van der Waals surface area contributed by atoms with Crippen LogP contribution in [0.3, 0.4) is 0 Å². The summed E-state index contributed by atoms with van der Waals surface area (Å²) >= 11 is 7.25. The Labute approximate surface area is 162 Å². The number of nitrogens with zero attached hydrogens (tertiary/aromatic N) is 3. The van der Waals surface area contributed by atoms with Crippen molar-refractivity contribution < 1.29 is 4.79 Å². The smallest absolute Gasteiger partial charge is 0.234 e. The lowest BCUT2D eigenvalue weighted by Gasteiger charge is -2.33. The van der Waals surface area contributed by atoms with E-state index < -0.39 is 0 Å². The normalized spacial score (nSPS) is 25.2. The highest BCUT2D eigenvalue weighted by molar-refractivity contribution is 7.99. The Morgan fingerprint density at radius 2 is 2.15 bits per heavy atom. The van der Waals surface area contributed by atoms with E-state index in [9.17, 15) is 4.79 Å². The SMILES string of the molecule is CC1(C)[C@@H]2CC[C@]1(C)c1nc(SCC(=O)Nc3cccc(Cl)c3)nnc12. The standard InChI is InChI=1S/C19H21ClN4OS/c1-18(2)13-7-8-19(18,3)16-15(13)23-24-17(22-16)26-10-14(25)21-12-6-4-5-11(20)9-12/h4-6,9,13H,7-8,10H2,1-3H3,(H,21,25)/t13-,19-/m1/s1. The Kier molecular flexibility index (Phi) is 4.23. The fourth-order valence-corrected chi connectivity index (χ4v) is 5.09. The molecule has 7 heteroatoms. The molecule has 1 fully saturated rings. The summed E-state index contributed by atoms with van der Waals surface area (Å²) in [5.74, 6) is 0.554. The van der Waals surface area contributed by atoms with Gasteiger partial charge in [-0.15, -0.1) is 5.10 Å². The monoisotopic (exact) mass is 388 g/mol. The highest BCUT2D eigenvalue weighted by atomic mass is 35.5. The van der Waals surface area contributed by atoms with Crippen LogP contribution in [0.2, 0.25) is 5.02 Å². The van der Waals surface area contributed by atoms with Crippen molar-refractivity contribution in [2.45, 2.75) is 50.1 Å². The summed E-state index contributed by atoms with van der Waals surface area (Å²) in [6.07, 6.45) is 2.29. The van der Waals surface area contributed by atoms with Crippen molar-refractivity contribution in [1.29, 1.82) is 0 Å². The Morgan fingerprint density at radius 3 is 2.92 bits per heavy atom. The first-order valence-corrected chi connectivity index (χ1v) is 10.1. The molecule has 136 valence electrons. The van der Waals surface area contributed by atoms with E-state index in [-0.39, 0.29) is 22.5 Å². The second kappa shape index (κ2) is 6.20. The van der Waals surface area contributed by atoms with Gasteiger partial charge in [-0.3, -0.25) is 4.79 Å². The van der Waals surface area contributed by atoms with Crippen molar-refractivity contribution in [1.82, 2.24) is 15.2 Å². The predicted octanol–water partition coefficient (Wildman–Crippen LogP) is 4.43. The van der Waals surface area contributed by atoms with Gasteiger partial charge in [0.25, 0.3) is 0 Å². The van der Waals surface area contributed by atoms with Gasteiger partial charge in [-0.25, -0.2) is 4.98 Å². The van der Waals surface area contributed by atoms with E-state index in [0.717, 1.165) is 24.2 Å². The summed E-state index contributed by atoms with van der Waals surface area (Å²) in [6, 6.07) is 7.10. The number of carbonyl (C=O) groups excluding carboxylic acids is 1. The second-order valence-corrected chi connectivity index (χ2v) is 9.20. The second-order valence-electron chi connectivity index (χ2n) is 7.82. The first-order valence-electron chi connectivity index (χ1n) is 8.74. The minimum absolute atomic E-state index is 0.0430. The van der Waals surface area contributed by atoms with Gasteiger partial charge in [0.1, 0.15) is 0 Å². The van der Waals surface area contributed by atoms with Crippen LogP contribution in [0.5, 0.6) is 0 Å². The third-order valence-corrected chi connectivity index (χ3v) is 7.29. The third-order valence-electron chi connectivity index (χ3n) is 6.21. The number of halogens is 1. The zero-order valence-electron chi connectivity index (χ0n) is 15.0. The molecule has 1 N–H and O–H groups in total. The molecule has 2 bridgehead atoms. The summed E-state index contributed by atoms with van der Waals surface area (Å²) in [7, 11) is 0. The lowest BCUT2D eigenvalue weighted by atomic mass is 9.70. The number of aromatic nitrogens is 3. The van der Waals surface area contributed by atoms with Crippen LogP contribution in [0.15, 0.2) is 29.4 Å². The van der Waals surface area contributed by atoms with E-state index in [1.54, 1.807) is 18.2 Å². The number of thioether (sulfide) groups is 1. The number of hydrogen-bond donors (Lipinski definition) is 1. The van der Waals surface area contributed by atoms with Crippen LogP contribution in [0.1, 0.15) is 50.9 Å². The van der Waals surface area contributed by atoms with Gasteiger partial charge in [0.2, 0.25) is 11.1 Å². The fraction of sp³-hybridized carbons (Fsp3) is 0.474. The minimum Gasteiger partial charge on any atom is -0.325 e. The van der Waals surface area contributed by atoms with Crippen molar-refractivity contribution in [3.63, 3.8) is 0 Å². The van der Waals surface area contributed by atoms with Crippen molar-refractivity contribution in [3.05, 3.63) is 40.7 Å². The molecule has 1 aromatic heterocycles. The first-order chi connectivity index (χ1) is 12.3. The van der Waals surface area contributed by atoms with Crippen LogP contribution in [0.4, 0.5) is 5.69 Å². The molecule has 0 radical (unpaired) electrons. The minimum atomic E-state index is -0.116. The molecule has 2 aliphatic rings. The van der Waals surface area contributed by atoms with Gasteiger partial charge in [-0.1, -0.05) is 50.2 Å². The van der Waals surface area contributed by atoms with Crippen molar-refractivity contribution >= 4 is 35.0 Å². The van der Waals surface area contributed by atoms with Gasteiger partial charge < -0.3 is 5.32 Å². The van der Waals surface area contributed by atoms with Crippen LogP contribution >= 0.6 is 23.4 Å². The molecule has 2 atom stereocenters. The van der Waals surface area contributed by atoms with Crippen LogP contribution in [-0.2, 0) is 10.2 Å². The third kappa shape index (κ3) is 2.70. The molecule has 26 heavy (non-hydrogen) atoms. The Balaban J connectivity index is 1.46. The molecule has 0 spiro atoms. The highest BCUT2D eigenvalue weighted by Crippen LogP contribution is 2.66. The topological polar surface area (TPSA) is 67.8 Å². The van der Waals surface area contributed by atoms with Crippen molar-refractivity contribution in [2.24, 2.45) is 5.41 Å². The highest BCUT2D eigenvalue weighted by Gasteiger charge is 2.61. The van der Waals surface area contributed by atoms with Gasteiger partial charge in [-0.2, -0.15) is 5.10 Å². The zero-order valence-corrected chi connectivity index (χ0v) is 16.6. The van der Waals surface area contributed by atoms with E-state index in [0.29, 0.717) is 21.8 Å². The van der Waals surface area contributed by atoms with E-state index >= 15 is 0 Å².